The summed E-state index contributed by atoms with van der Waals surface area (Å²) in [5.41, 5.74) is 11.5. The van der Waals surface area contributed by atoms with Crippen molar-refractivity contribution in [3.05, 3.63) is 163 Å². The Hall–Kier alpha value is -5.18. The van der Waals surface area contributed by atoms with Gasteiger partial charge in [-0.25, -0.2) is 0 Å². The van der Waals surface area contributed by atoms with Crippen LogP contribution in [0.1, 0.15) is 11.1 Å². The van der Waals surface area contributed by atoms with Gasteiger partial charge in [0.25, 0.3) is 0 Å². The predicted molar refractivity (Wildman–Crippen MR) is 185 cm³/mol. The monoisotopic (exact) mass is 565 g/mol. The molecule has 0 fully saturated rings. The number of hydrogen-bond acceptors (Lipinski definition) is 2. The summed E-state index contributed by atoms with van der Waals surface area (Å²) in [4.78, 5) is 2.37. The van der Waals surface area contributed by atoms with Gasteiger partial charge < -0.3 is 4.90 Å². The minimum atomic E-state index is 0.985. The van der Waals surface area contributed by atoms with Gasteiger partial charge in [-0.05, 0) is 99.1 Å². The molecular formula is C41H27NS. The van der Waals surface area contributed by atoms with Gasteiger partial charge in [-0.2, -0.15) is 0 Å². The molecule has 7 aromatic carbocycles. The lowest BCUT2D eigenvalue weighted by Crippen LogP contribution is -2.09. The van der Waals surface area contributed by atoms with E-state index in [2.05, 4.69) is 157 Å². The van der Waals surface area contributed by atoms with Gasteiger partial charge in [0.05, 0.1) is 0 Å². The van der Waals surface area contributed by atoms with E-state index in [1.165, 1.54) is 64.3 Å². The fourth-order valence-electron chi connectivity index (χ4n) is 6.91. The fourth-order valence-corrected chi connectivity index (χ4v) is 8.00. The molecule has 0 bridgehead atoms. The molecule has 0 saturated heterocycles. The summed E-state index contributed by atoms with van der Waals surface area (Å²) in [6.45, 7) is 0. The standard InChI is InChI=1S/C41H27NS/c1-2-10-30(11-3-1)42(32-22-24-40-38(26-32)35-13-6-7-16-39(35)43-40)31-20-17-27(18-21-31)34-23-19-29-25-28-9-4-5-12-33(28)36-14-8-15-37(34)41(29)36/h1-24,26H,25H2. The van der Waals surface area contributed by atoms with Crippen LogP contribution in [0, 0.1) is 0 Å². The van der Waals surface area contributed by atoms with Crippen LogP contribution in [0.15, 0.2) is 152 Å². The highest BCUT2D eigenvalue weighted by Crippen LogP contribution is 2.44. The third kappa shape index (κ3) is 3.91. The molecule has 202 valence electrons. The minimum Gasteiger partial charge on any atom is -0.310 e. The van der Waals surface area contributed by atoms with Gasteiger partial charge in [-0.15, -0.1) is 11.3 Å². The van der Waals surface area contributed by atoms with Crippen LogP contribution in [-0.4, -0.2) is 0 Å². The van der Waals surface area contributed by atoms with Crippen LogP contribution >= 0.6 is 11.3 Å². The van der Waals surface area contributed by atoms with E-state index in [0.29, 0.717) is 0 Å². The third-order valence-corrected chi connectivity index (χ3v) is 10.0. The number of nitrogens with zero attached hydrogens (tertiary/aromatic N) is 1. The second-order valence-electron chi connectivity index (χ2n) is 11.3. The van der Waals surface area contributed by atoms with Crippen molar-refractivity contribution in [1.29, 1.82) is 0 Å². The molecule has 0 amide bonds. The van der Waals surface area contributed by atoms with Crippen LogP contribution in [0.5, 0.6) is 0 Å². The second kappa shape index (κ2) is 9.69. The van der Waals surface area contributed by atoms with E-state index in [4.69, 9.17) is 0 Å². The smallest absolute Gasteiger partial charge is 0.0468 e. The first-order chi connectivity index (χ1) is 21.3. The number of hydrogen-bond donors (Lipinski definition) is 0. The zero-order valence-electron chi connectivity index (χ0n) is 23.5. The van der Waals surface area contributed by atoms with Crippen LogP contribution in [0.4, 0.5) is 17.1 Å². The largest absolute Gasteiger partial charge is 0.310 e. The number of fused-ring (bicyclic) bond motifs is 5. The summed E-state index contributed by atoms with van der Waals surface area (Å²) >= 11 is 1.86. The molecular weight excluding hydrogens is 539 g/mol. The van der Waals surface area contributed by atoms with E-state index in [1.54, 1.807) is 0 Å². The highest BCUT2D eigenvalue weighted by atomic mass is 32.1. The quantitative estimate of drug-likeness (QED) is 0.205. The zero-order valence-corrected chi connectivity index (χ0v) is 24.3. The van der Waals surface area contributed by atoms with Crippen molar-refractivity contribution in [3.63, 3.8) is 0 Å². The zero-order chi connectivity index (χ0) is 28.3. The number of anilines is 3. The van der Waals surface area contributed by atoms with Crippen molar-refractivity contribution < 1.29 is 0 Å². The molecule has 0 atom stereocenters. The normalized spacial score (nSPS) is 12.1. The maximum absolute atomic E-state index is 2.37. The van der Waals surface area contributed by atoms with Gasteiger partial charge in [0, 0.05) is 37.2 Å². The summed E-state index contributed by atoms with van der Waals surface area (Å²) in [7, 11) is 0. The fraction of sp³-hybridized carbons (Fsp3) is 0.0244. The summed E-state index contributed by atoms with van der Waals surface area (Å²) in [5.74, 6) is 0. The van der Waals surface area contributed by atoms with Gasteiger partial charge in [-0.3, -0.25) is 0 Å². The van der Waals surface area contributed by atoms with Crippen molar-refractivity contribution in [1.82, 2.24) is 0 Å². The lowest BCUT2D eigenvalue weighted by molar-refractivity contribution is 1.20. The maximum atomic E-state index is 2.37. The van der Waals surface area contributed by atoms with Gasteiger partial charge in [0.1, 0.15) is 0 Å². The Morgan fingerprint density at radius 1 is 0.419 bits per heavy atom. The summed E-state index contributed by atoms with van der Waals surface area (Å²) in [6, 6.07) is 55.6. The number of thiophene rings is 1. The Balaban J connectivity index is 1.17. The first-order valence-corrected chi connectivity index (χ1v) is 15.6. The molecule has 1 heterocycles. The number of benzene rings is 7. The predicted octanol–water partition coefficient (Wildman–Crippen LogP) is 11.9. The van der Waals surface area contributed by atoms with Crippen molar-refractivity contribution in [2.45, 2.75) is 6.42 Å². The average molecular weight is 566 g/mol. The van der Waals surface area contributed by atoms with Gasteiger partial charge in [0.15, 0.2) is 0 Å². The molecule has 0 spiro atoms. The molecule has 8 aromatic rings. The molecule has 0 unspecified atom stereocenters. The van der Waals surface area contributed by atoms with Crippen LogP contribution < -0.4 is 4.90 Å². The van der Waals surface area contributed by atoms with Crippen LogP contribution in [0.3, 0.4) is 0 Å². The number of para-hydroxylation sites is 1. The number of rotatable bonds is 4. The molecule has 1 nitrogen and oxygen atoms in total. The lowest BCUT2D eigenvalue weighted by atomic mass is 9.82. The Morgan fingerprint density at radius 2 is 1.12 bits per heavy atom. The Labute approximate surface area is 254 Å². The minimum absolute atomic E-state index is 0.985. The molecule has 1 aromatic heterocycles. The average Bonchev–Trinajstić information content (AvgIpc) is 3.44. The molecule has 2 heteroatoms. The second-order valence-corrected chi connectivity index (χ2v) is 12.4. The summed E-state index contributed by atoms with van der Waals surface area (Å²) in [6.07, 6.45) is 0.985. The van der Waals surface area contributed by atoms with Crippen molar-refractivity contribution in [2.24, 2.45) is 0 Å². The van der Waals surface area contributed by atoms with E-state index < -0.39 is 0 Å². The van der Waals surface area contributed by atoms with E-state index in [0.717, 1.165) is 23.5 Å². The summed E-state index contributed by atoms with van der Waals surface area (Å²) in [5, 5.41) is 5.34. The van der Waals surface area contributed by atoms with Gasteiger partial charge in [0.2, 0.25) is 0 Å². The molecule has 0 saturated carbocycles. The highest BCUT2D eigenvalue weighted by molar-refractivity contribution is 7.25. The maximum Gasteiger partial charge on any atom is 0.0468 e. The van der Waals surface area contributed by atoms with E-state index in [9.17, 15) is 0 Å². The molecule has 1 aliphatic carbocycles. The van der Waals surface area contributed by atoms with E-state index >= 15 is 0 Å². The lowest BCUT2D eigenvalue weighted by Gasteiger charge is -2.26. The Morgan fingerprint density at radius 3 is 2.02 bits per heavy atom. The van der Waals surface area contributed by atoms with Crippen LogP contribution in [0.2, 0.25) is 0 Å². The van der Waals surface area contributed by atoms with Crippen molar-refractivity contribution >= 4 is 59.3 Å². The molecule has 0 radical (unpaired) electrons. The van der Waals surface area contributed by atoms with Crippen molar-refractivity contribution in [2.75, 3.05) is 4.90 Å². The van der Waals surface area contributed by atoms with Crippen LogP contribution in [0.25, 0.3) is 53.2 Å². The Bertz CT molecular complexity index is 2310. The van der Waals surface area contributed by atoms with Crippen LogP contribution in [-0.2, 0) is 6.42 Å². The molecule has 43 heavy (non-hydrogen) atoms. The molecule has 9 rings (SSSR count). The van der Waals surface area contributed by atoms with E-state index in [1.807, 2.05) is 11.3 Å². The Kier molecular flexibility index (Phi) is 5.50. The first kappa shape index (κ1) is 24.4. The summed E-state index contributed by atoms with van der Waals surface area (Å²) < 4.78 is 2.65. The SMILES string of the molecule is c1ccc(N(c2ccc(-c3ccc4c5c(cccc35)-c3ccccc3C4)cc2)c2ccc3sc4ccccc4c3c2)cc1. The highest BCUT2D eigenvalue weighted by Gasteiger charge is 2.20. The molecule has 1 aliphatic rings. The molecule has 0 aliphatic heterocycles. The van der Waals surface area contributed by atoms with Crippen molar-refractivity contribution in [3.8, 4) is 22.3 Å². The topological polar surface area (TPSA) is 3.24 Å². The van der Waals surface area contributed by atoms with Gasteiger partial charge >= 0.3 is 0 Å². The van der Waals surface area contributed by atoms with Gasteiger partial charge in [-0.1, -0.05) is 103 Å². The third-order valence-electron chi connectivity index (χ3n) is 8.88. The first-order valence-electron chi connectivity index (χ1n) is 14.8. The molecule has 0 N–H and O–H groups in total. The van der Waals surface area contributed by atoms with E-state index in [-0.39, 0.29) is 0 Å².